The topological polar surface area (TPSA) is 50.4 Å². The third kappa shape index (κ3) is 2.70. The van der Waals surface area contributed by atoms with Crippen LogP contribution in [-0.4, -0.2) is 19.6 Å². The highest BCUT2D eigenvalue weighted by Gasteiger charge is 2.16. The van der Waals surface area contributed by atoms with Crippen molar-refractivity contribution in [3.8, 4) is 5.75 Å². The van der Waals surface area contributed by atoms with E-state index in [1.54, 1.807) is 19.2 Å². The van der Waals surface area contributed by atoms with Crippen LogP contribution in [0, 0.1) is 0 Å². The number of carbonyl (C=O) groups is 1. The summed E-state index contributed by atoms with van der Waals surface area (Å²) in [5.74, 6) is 0.435. The van der Waals surface area contributed by atoms with Crippen molar-refractivity contribution >= 4 is 17.3 Å². The minimum atomic E-state index is -0.147. The molecule has 108 valence electrons. The van der Waals surface area contributed by atoms with E-state index in [4.69, 9.17) is 4.74 Å². The summed E-state index contributed by atoms with van der Waals surface area (Å²) in [5.41, 5.74) is 3.70. The number of methoxy groups -OCH3 is 1. The average Bonchev–Trinajstić information content (AvgIpc) is 2.55. The molecule has 3 rings (SSSR count). The first-order valence-corrected chi connectivity index (χ1v) is 7.09. The van der Waals surface area contributed by atoms with Crippen molar-refractivity contribution in [2.75, 3.05) is 24.3 Å². The van der Waals surface area contributed by atoms with Crippen molar-refractivity contribution in [2.45, 2.75) is 12.8 Å². The van der Waals surface area contributed by atoms with Gasteiger partial charge in [0, 0.05) is 17.9 Å². The standard InChI is InChI=1S/C17H18N2O2/c1-21-16-10-3-2-6-13(16)17(20)19-15-9-4-8-14-12(15)7-5-11-18-14/h2-4,6,8-10,18H,5,7,11H2,1H3,(H,19,20). The second kappa shape index (κ2) is 5.87. The van der Waals surface area contributed by atoms with Gasteiger partial charge in [0.15, 0.2) is 0 Å². The molecule has 0 aliphatic carbocycles. The SMILES string of the molecule is COc1ccccc1C(=O)Nc1cccc2c1CCCN2. The van der Waals surface area contributed by atoms with Gasteiger partial charge < -0.3 is 15.4 Å². The van der Waals surface area contributed by atoms with E-state index in [2.05, 4.69) is 10.6 Å². The van der Waals surface area contributed by atoms with Crippen LogP contribution in [0.25, 0.3) is 0 Å². The maximum Gasteiger partial charge on any atom is 0.259 e. The number of anilines is 2. The van der Waals surface area contributed by atoms with Crippen LogP contribution in [0.3, 0.4) is 0 Å². The van der Waals surface area contributed by atoms with E-state index >= 15 is 0 Å². The van der Waals surface area contributed by atoms with Gasteiger partial charge in [0.2, 0.25) is 0 Å². The van der Waals surface area contributed by atoms with Gasteiger partial charge in [0.05, 0.1) is 12.7 Å². The van der Waals surface area contributed by atoms with Crippen LogP contribution in [0.1, 0.15) is 22.3 Å². The fourth-order valence-electron chi connectivity index (χ4n) is 2.65. The van der Waals surface area contributed by atoms with E-state index in [0.717, 1.165) is 30.8 Å². The number of hydrogen-bond donors (Lipinski definition) is 2. The maximum atomic E-state index is 12.5. The number of para-hydroxylation sites is 1. The van der Waals surface area contributed by atoms with Crippen LogP contribution < -0.4 is 15.4 Å². The molecule has 2 aromatic rings. The molecule has 0 spiro atoms. The van der Waals surface area contributed by atoms with Crippen molar-refractivity contribution in [1.82, 2.24) is 0 Å². The molecule has 1 heterocycles. The lowest BCUT2D eigenvalue weighted by Crippen LogP contribution is -2.18. The number of fused-ring (bicyclic) bond motifs is 1. The summed E-state index contributed by atoms with van der Waals surface area (Å²) in [6.45, 7) is 0.983. The van der Waals surface area contributed by atoms with E-state index in [1.807, 2.05) is 30.3 Å². The molecule has 1 aliphatic heterocycles. The Morgan fingerprint density at radius 3 is 2.90 bits per heavy atom. The van der Waals surface area contributed by atoms with Gasteiger partial charge >= 0.3 is 0 Å². The minimum Gasteiger partial charge on any atom is -0.496 e. The summed E-state index contributed by atoms with van der Waals surface area (Å²) in [5, 5.41) is 6.36. The zero-order chi connectivity index (χ0) is 14.7. The average molecular weight is 282 g/mol. The summed E-state index contributed by atoms with van der Waals surface area (Å²) in [7, 11) is 1.57. The number of amides is 1. The Morgan fingerprint density at radius 2 is 2.05 bits per heavy atom. The lowest BCUT2D eigenvalue weighted by Gasteiger charge is -2.21. The second-order valence-corrected chi connectivity index (χ2v) is 5.02. The highest BCUT2D eigenvalue weighted by atomic mass is 16.5. The van der Waals surface area contributed by atoms with Gasteiger partial charge in [-0.25, -0.2) is 0 Å². The van der Waals surface area contributed by atoms with Crippen LogP contribution >= 0.6 is 0 Å². The molecule has 1 amide bonds. The monoisotopic (exact) mass is 282 g/mol. The van der Waals surface area contributed by atoms with Gasteiger partial charge in [0.25, 0.3) is 5.91 Å². The van der Waals surface area contributed by atoms with Crippen molar-refractivity contribution in [3.05, 3.63) is 53.6 Å². The number of carbonyl (C=O) groups excluding carboxylic acids is 1. The van der Waals surface area contributed by atoms with Crippen molar-refractivity contribution in [3.63, 3.8) is 0 Å². The van der Waals surface area contributed by atoms with E-state index in [9.17, 15) is 4.79 Å². The zero-order valence-electron chi connectivity index (χ0n) is 12.0. The van der Waals surface area contributed by atoms with E-state index < -0.39 is 0 Å². The maximum absolute atomic E-state index is 12.5. The predicted molar refractivity (Wildman–Crippen MR) is 84.2 cm³/mol. The van der Waals surface area contributed by atoms with E-state index in [-0.39, 0.29) is 5.91 Å². The molecule has 4 heteroatoms. The first-order valence-electron chi connectivity index (χ1n) is 7.09. The molecular formula is C17H18N2O2. The number of nitrogens with one attached hydrogen (secondary N) is 2. The summed E-state index contributed by atoms with van der Waals surface area (Å²) in [6.07, 6.45) is 2.05. The highest BCUT2D eigenvalue weighted by molar-refractivity contribution is 6.06. The zero-order valence-corrected chi connectivity index (χ0v) is 12.0. The molecular weight excluding hydrogens is 264 g/mol. The van der Waals surface area contributed by atoms with Crippen molar-refractivity contribution in [1.29, 1.82) is 0 Å². The molecule has 0 radical (unpaired) electrons. The van der Waals surface area contributed by atoms with Gasteiger partial charge in [0.1, 0.15) is 5.75 Å². The van der Waals surface area contributed by atoms with Gasteiger partial charge in [-0.15, -0.1) is 0 Å². The van der Waals surface area contributed by atoms with Gasteiger partial charge in [-0.2, -0.15) is 0 Å². The fourth-order valence-corrected chi connectivity index (χ4v) is 2.65. The number of hydrogen-bond acceptors (Lipinski definition) is 3. The third-order valence-corrected chi connectivity index (χ3v) is 3.69. The second-order valence-electron chi connectivity index (χ2n) is 5.02. The van der Waals surface area contributed by atoms with Crippen LogP contribution in [0.4, 0.5) is 11.4 Å². The predicted octanol–water partition coefficient (Wildman–Crippen LogP) is 3.31. The van der Waals surface area contributed by atoms with Crippen molar-refractivity contribution in [2.24, 2.45) is 0 Å². The van der Waals surface area contributed by atoms with Gasteiger partial charge in [-0.3, -0.25) is 4.79 Å². The first-order chi connectivity index (χ1) is 10.3. The van der Waals surface area contributed by atoms with Crippen LogP contribution in [0.5, 0.6) is 5.75 Å². The number of rotatable bonds is 3. The lowest BCUT2D eigenvalue weighted by atomic mass is 10.0. The Balaban J connectivity index is 1.88. The molecule has 0 unspecified atom stereocenters. The summed E-state index contributed by atoms with van der Waals surface area (Å²) >= 11 is 0. The largest absolute Gasteiger partial charge is 0.496 e. The van der Waals surface area contributed by atoms with E-state index in [1.165, 1.54) is 5.56 Å². The molecule has 0 saturated carbocycles. The molecule has 4 nitrogen and oxygen atoms in total. The molecule has 0 atom stereocenters. The highest BCUT2D eigenvalue weighted by Crippen LogP contribution is 2.29. The third-order valence-electron chi connectivity index (χ3n) is 3.69. The van der Waals surface area contributed by atoms with Crippen LogP contribution in [0.2, 0.25) is 0 Å². The quantitative estimate of drug-likeness (QED) is 0.908. The van der Waals surface area contributed by atoms with Crippen LogP contribution in [0.15, 0.2) is 42.5 Å². The molecule has 0 saturated heterocycles. The molecule has 0 fully saturated rings. The molecule has 2 aromatic carbocycles. The molecule has 0 bridgehead atoms. The van der Waals surface area contributed by atoms with Gasteiger partial charge in [-0.1, -0.05) is 18.2 Å². The minimum absolute atomic E-state index is 0.147. The van der Waals surface area contributed by atoms with E-state index in [0.29, 0.717) is 11.3 Å². The Labute approximate surface area is 124 Å². The van der Waals surface area contributed by atoms with Crippen LogP contribution in [-0.2, 0) is 6.42 Å². The lowest BCUT2D eigenvalue weighted by molar-refractivity contribution is 0.102. The fraction of sp³-hybridized carbons (Fsp3) is 0.235. The first kappa shape index (κ1) is 13.5. The van der Waals surface area contributed by atoms with Crippen molar-refractivity contribution < 1.29 is 9.53 Å². The molecule has 0 aromatic heterocycles. The smallest absolute Gasteiger partial charge is 0.259 e. The summed E-state index contributed by atoms with van der Waals surface area (Å²) in [4.78, 5) is 12.5. The van der Waals surface area contributed by atoms with Gasteiger partial charge in [-0.05, 0) is 42.7 Å². The molecule has 21 heavy (non-hydrogen) atoms. The number of ether oxygens (including phenoxy) is 1. The normalized spacial score (nSPS) is 13.0. The Hall–Kier alpha value is -2.49. The number of benzene rings is 2. The Kier molecular flexibility index (Phi) is 3.77. The summed E-state index contributed by atoms with van der Waals surface area (Å²) < 4.78 is 5.24. The Morgan fingerprint density at radius 1 is 1.19 bits per heavy atom. The summed E-state index contributed by atoms with van der Waals surface area (Å²) in [6, 6.07) is 13.2. The Bertz CT molecular complexity index is 668. The molecule has 2 N–H and O–H groups in total. The molecule has 1 aliphatic rings.